The van der Waals surface area contributed by atoms with Gasteiger partial charge in [0.15, 0.2) is 0 Å². The lowest BCUT2D eigenvalue weighted by molar-refractivity contribution is 0.146. The number of methoxy groups -OCH3 is 1. The molecule has 3 nitrogen and oxygen atoms in total. The van der Waals surface area contributed by atoms with Crippen molar-refractivity contribution >= 4 is 0 Å². The molecule has 3 heteroatoms. The van der Waals surface area contributed by atoms with Gasteiger partial charge in [-0.3, -0.25) is 0 Å². The monoisotopic (exact) mass is 299 g/mol. The second-order valence-electron chi connectivity index (χ2n) is 5.24. The van der Waals surface area contributed by atoms with Gasteiger partial charge in [-0.1, -0.05) is 49.4 Å². The Hall–Kier alpha value is -1.84. The van der Waals surface area contributed by atoms with E-state index in [2.05, 4.69) is 54.7 Å². The Bertz CT molecular complexity index is 525. The lowest BCUT2D eigenvalue weighted by atomic mass is 10.0. The van der Waals surface area contributed by atoms with Gasteiger partial charge in [0.2, 0.25) is 0 Å². The number of hydrogen-bond donors (Lipinski definition) is 1. The Morgan fingerprint density at radius 2 is 1.68 bits per heavy atom. The van der Waals surface area contributed by atoms with E-state index in [4.69, 9.17) is 9.47 Å². The van der Waals surface area contributed by atoms with Crippen molar-refractivity contribution in [3.63, 3.8) is 0 Å². The van der Waals surface area contributed by atoms with E-state index in [-0.39, 0.29) is 0 Å². The molecule has 0 radical (unpaired) electrons. The van der Waals surface area contributed by atoms with Gasteiger partial charge in [-0.2, -0.15) is 0 Å². The average Bonchev–Trinajstić information content (AvgIpc) is 2.58. The van der Waals surface area contributed by atoms with E-state index in [1.54, 1.807) is 7.11 Å². The summed E-state index contributed by atoms with van der Waals surface area (Å²) in [6.07, 6.45) is 1.07. The van der Waals surface area contributed by atoms with E-state index in [0.29, 0.717) is 19.3 Å². The van der Waals surface area contributed by atoms with E-state index in [9.17, 15) is 0 Å². The van der Waals surface area contributed by atoms with Crippen molar-refractivity contribution in [2.75, 3.05) is 20.3 Å². The van der Waals surface area contributed by atoms with Crippen LogP contribution in [0.25, 0.3) is 0 Å². The average molecular weight is 299 g/mol. The zero-order chi connectivity index (χ0) is 15.6. The molecule has 0 saturated carbocycles. The van der Waals surface area contributed by atoms with Crippen LogP contribution in [0.5, 0.6) is 5.75 Å². The summed E-state index contributed by atoms with van der Waals surface area (Å²) in [5.41, 5.74) is 2.60. The number of ether oxygens (including phenoxy) is 2. The van der Waals surface area contributed by atoms with Crippen molar-refractivity contribution < 1.29 is 9.47 Å². The van der Waals surface area contributed by atoms with Crippen molar-refractivity contribution in [3.05, 3.63) is 65.7 Å². The molecule has 0 aliphatic rings. The number of benzene rings is 2. The molecule has 0 aromatic heterocycles. The number of hydrogen-bond acceptors (Lipinski definition) is 3. The molecule has 0 aliphatic carbocycles. The molecule has 0 amide bonds. The summed E-state index contributed by atoms with van der Waals surface area (Å²) < 4.78 is 10.5. The molecule has 2 rings (SSSR count). The quantitative estimate of drug-likeness (QED) is 0.711. The van der Waals surface area contributed by atoms with Gasteiger partial charge < -0.3 is 14.8 Å². The molecule has 1 N–H and O–H groups in total. The molecule has 2 aromatic rings. The zero-order valence-corrected chi connectivity index (χ0v) is 13.4. The summed E-state index contributed by atoms with van der Waals surface area (Å²) in [4.78, 5) is 0. The van der Waals surface area contributed by atoms with Crippen LogP contribution in [0, 0.1) is 0 Å². The van der Waals surface area contributed by atoms with Crippen molar-refractivity contribution in [2.45, 2.75) is 25.9 Å². The third kappa shape index (κ3) is 5.17. The lowest BCUT2D eigenvalue weighted by Crippen LogP contribution is -2.20. The van der Waals surface area contributed by atoms with E-state index < -0.39 is 0 Å². The van der Waals surface area contributed by atoms with E-state index in [1.807, 2.05) is 12.1 Å². The van der Waals surface area contributed by atoms with Gasteiger partial charge in [0.1, 0.15) is 12.4 Å². The first-order valence-corrected chi connectivity index (χ1v) is 7.82. The third-order valence-corrected chi connectivity index (χ3v) is 3.64. The van der Waals surface area contributed by atoms with Gasteiger partial charge >= 0.3 is 0 Å². The summed E-state index contributed by atoms with van der Waals surface area (Å²) in [7, 11) is 1.68. The van der Waals surface area contributed by atoms with Crippen LogP contribution < -0.4 is 10.1 Å². The fraction of sp³-hybridized carbons (Fsp3) is 0.368. The molecule has 0 saturated heterocycles. The molecule has 118 valence electrons. The molecule has 0 heterocycles. The first-order chi connectivity index (χ1) is 10.8. The van der Waals surface area contributed by atoms with Crippen LogP contribution in [0.4, 0.5) is 0 Å². The highest BCUT2D eigenvalue weighted by Crippen LogP contribution is 2.17. The predicted octanol–water partition coefficient (Wildman–Crippen LogP) is 3.95. The van der Waals surface area contributed by atoms with Crippen molar-refractivity contribution in [1.82, 2.24) is 5.32 Å². The summed E-state index contributed by atoms with van der Waals surface area (Å²) in [5, 5.41) is 3.61. The maximum absolute atomic E-state index is 5.57. The minimum absolute atomic E-state index is 0.388. The SMILES string of the molecule is CCC(NCc1ccc(OCCOC)cc1)c1ccccc1. The maximum Gasteiger partial charge on any atom is 0.119 e. The Kier molecular flexibility index (Phi) is 6.94. The molecule has 1 atom stereocenters. The Balaban J connectivity index is 1.85. The first-order valence-electron chi connectivity index (χ1n) is 7.82. The van der Waals surface area contributed by atoms with E-state index in [0.717, 1.165) is 18.7 Å². The minimum atomic E-state index is 0.388. The second kappa shape index (κ2) is 9.23. The van der Waals surface area contributed by atoms with Crippen LogP contribution >= 0.6 is 0 Å². The fourth-order valence-corrected chi connectivity index (χ4v) is 2.37. The third-order valence-electron chi connectivity index (χ3n) is 3.64. The van der Waals surface area contributed by atoms with Crippen LogP contribution in [-0.4, -0.2) is 20.3 Å². The van der Waals surface area contributed by atoms with Gasteiger partial charge in [0.05, 0.1) is 6.61 Å². The summed E-state index contributed by atoms with van der Waals surface area (Å²) in [5.74, 6) is 0.885. The highest BCUT2D eigenvalue weighted by Gasteiger charge is 2.07. The van der Waals surface area contributed by atoms with E-state index in [1.165, 1.54) is 11.1 Å². The molecular formula is C19H25NO2. The Morgan fingerprint density at radius 3 is 2.32 bits per heavy atom. The first kappa shape index (κ1) is 16.5. The highest BCUT2D eigenvalue weighted by atomic mass is 16.5. The van der Waals surface area contributed by atoms with Crippen molar-refractivity contribution in [3.8, 4) is 5.75 Å². The zero-order valence-electron chi connectivity index (χ0n) is 13.4. The molecule has 0 fully saturated rings. The summed E-state index contributed by atoms with van der Waals surface area (Å²) >= 11 is 0. The normalized spacial score (nSPS) is 12.1. The topological polar surface area (TPSA) is 30.5 Å². The van der Waals surface area contributed by atoms with Gasteiger partial charge in [-0.05, 0) is 29.7 Å². The van der Waals surface area contributed by atoms with Crippen LogP contribution in [-0.2, 0) is 11.3 Å². The Labute approximate surface area is 133 Å². The lowest BCUT2D eigenvalue weighted by Gasteiger charge is -2.17. The molecule has 0 bridgehead atoms. The van der Waals surface area contributed by atoms with Gasteiger partial charge in [-0.15, -0.1) is 0 Å². The fourth-order valence-electron chi connectivity index (χ4n) is 2.37. The van der Waals surface area contributed by atoms with Crippen molar-refractivity contribution in [2.24, 2.45) is 0 Å². The van der Waals surface area contributed by atoms with Gasteiger partial charge in [0.25, 0.3) is 0 Å². The molecule has 1 unspecified atom stereocenters. The second-order valence-corrected chi connectivity index (χ2v) is 5.24. The number of nitrogens with one attached hydrogen (secondary N) is 1. The van der Waals surface area contributed by atoms with Crippen LogP contribution in [0.1, 0.15) is 30.5 Å². The largest absolute Gasteiger partial charge is 0.491 e. The number of rotatable bonds is 9. The molecule has 22 heavy (non-hydrogen) atoms. The Morgan fingerprint density at radius 1 is 0.955 bits per heavy atom. The minimum Gasteiger partial charge on any atom is -0.491 e. The van der Waals surface area contributed by atoms with Crippen molar-refractivity contribution in [1.29, 1.82) is 0 Å². The van der Waals surface area contributed by atoms with Gasteiger partial charge in [-0.25, -0.2) is 0 Å². The predicted molar refractivity (Wildman–Crippen MR) is 90.1 cm³/mol. The smallest absolute Gasteiger partial charge is 0.119 e. The molecular weight excluding hydrogens is 274 g/mol. The van der Waals surface area contributed by atoms with Crippen LogP contribution in [0.3, 0.4) is 0 Å². The summed E-state index contributed by atoms with van der Waals surface area (Å²) in [6, 6.07) is 19.2. The highest BCUT2D eigenvalue weighted by molar-refractivity contribution is 5.27. The molecule has 0 spiro atoms. The van der Waals surface area contributed by atoms with Crippen LogP contribution in [0.15, 0.2) is 54.6 Å². The maximum atomic E-state index is 5.57. The molecule has 0 aliphatic heterocycles. The van der Waals surface area contributed by atoms with Crippen LogP contribution in [0.2, 0.25) is 0 Å². The standard InChI is InChI=1S/C19H25NO2/c1-3-19(17-7-5-4-6-8-17)20-15-16-9-11-18(12-10-16)22-14-13-21-2/h4-12,19-20H,3,13-15H2,1-2H3. The summed E-state index contributed by atoms with van der Waals surface area (Å²) in [6.45, 7) is 4.25. The van der Waals surface area contributed by atoms with Gasteiger partial charge in [0, 0.05) is 19.7 Å². The molecule has 2 aromatic carbocycles. The van der Waals surface area contributed by atoms with E-state index >= 15 is 0 Å².